The van der Waals surface area contributed by atoms with Gasteiger partial charge >= 0.3 is 0 Å². The molecule has 0 N–H and O–H groups in total. The van der Waals surface area contributed by atoms with Crippen LogP contribution in [0.25, 0.3) is 0 Å². The van der Waals surface area contributed by atoms with Crippen LogP contribution in [0.4, 0.5) is 0 Å². The van der Waals surface area contributed by atoms with Gasteiger partial charge in [0.15, 0.2) is 0 Å². The molecule has 0 bridgehead atoms. The molecule has 2 atom stereocenters. The fourth-order valence-corrected chi connectivity index (χ4v) is 3.02. The van der Waals surface area contributed by atoms with Crippen LogP contribution in [-0.4, -0.2) is 5.78 Å². The Labute approximate surface area is 116 Å². The van der Waals surface area contributed by atoms with Crippen LogP contribution in [0.3, 0.4) is 0 Å². The van der Waals surface area contributed by atoms with E-state index in [0.29, 0.717) is 24.0 Å². The second kappa shape index (κ2) is 5.34. The molecule has 17 heavy (non-hydrogen) atoms. The van der Waals surface area contributed by atoms with E-state index in [1.807, 2.05) is 0 Å². The van der Waals surface area contributed by atoms with Crippen molar-refractivity contribution >= 4 is 28.4 Å². The molecule has 1 aliphatic carbocycles. The largest absolute Gasteiger partial charge is 0.300 e. The van der Waals surface area contributed by atoms with Crippen molar-refractivity contribution < 1.29 is 4.79 Å². The van der Waals surface area contributed by atoms with Crippen molar-refractivity contribution in [2.75, 3.05) is 0 Å². The summed E-state index contributed by atoms with van der Waals surface area (Å²) in [6.07, 6.45) is 2.36. The van der Waals surface area contributed by atoms with Crippen LogP contribution in [0, 0.1) is 9.49 Å². The molecule has 0 amide bonds. The summed E-state index contributed by atoms with van der Waals surface area (Å²) in [5.74, 6) is 1.20. The lowest BCUT2D eigenvalue weighted by Crippen LogP contribution is -2.24. The van der Waals surface area contributed by atoms with Crippen LogP contribution < -0.4 is 0 Å². The van der Waals surface area contributed by atoms with E-state index in [1.54, 1.807) is 0 Å². The van der Waals surface area contributed by atoms with Gasteiger partial charge in [0.25, 0.3) is 0 Å². The van der Waals surface area contributed by atoms with Crippen molar-refractivity contribution in [3.63, 3.8) is 0 Å². The molecular formula is C15H17IO. The summed E-state index contributed by atoms with van der Waals surface area (Å²) < 4.78 is 1.24. The first-order valence-corrected chi connectivity index (χ1v) is 7.08. The Kier molecular flexibility index (Phi) is 4.02. The maximum atomic E-state index is 11.7. The molecule has 1 saturated carbocycles. The molecule has 0 aliphatic heterocycles. The van der Waals surface area contributed by atoms with Gasteiger partial charge in [-0.1, -0.05) is 24.3 Å². The second-order valence-corrected chi connectivity index (χ2v) is 6.14. The number of benzene rings is 1. The lowest BCUT2D eigenvalue weighted by Gasteiger charge is -2.31. The number of ketones is 1. The number of carbonyl (C=O) groups excluding carboxylic acids is 1. The molecule has 1 fully saturated rings. The van der Waals surface area contributed by atoms with E-state index in [4.69, 9.17) is 0 Å². The highest BCUT2D eigenvalue weighted by atomic mass is 127. The first kappa shape index (κ1) is 12.8. The summed E-state index contributed by atoms with van der Waals surface area (Å²) >= 11 is 2.31. The average Bonchev–Trinajstić information content (AvgIpc) is 2.29. The third-order valence-electron chi connectivity index (χ3n) is 3.60. The van der Waals surface area contributed by atoms with Crippen molar-refractivity contribution in [1.82, 2.24) is 0 Å². The van der Waals surface area contributed by atoms with Crippen molar-refractivity contribution in [3.8, 4) is 0 Å². The topological polar surface area (TPSA) is 17.1 Å². The van der Waals surface area contributed by atoms with Crippen molar-refractivity contribution in [3.05, 3.63) is 45.6 Å². The lowest BCUT2D eigenvalue weighted by molar-refractivity contribution is -0.121. The quantitative estimate of drug-likeness (QED) is 0.579. The predicted octanol–water partition coefficient (Wildman–Crippen LogP) is 4.32. The zero-order valence-corrected chi connectivity index (χ0v) is 12.2. The standard InChI is InChI=1S/C15H17IO/c1-10(2)14-8-7-13(17)9-15(14)11-3-5-12(16)6-4-11/h3-6,14-15H,1,7-9H2,2H3/t14-,15-/m0/s1. The maximum Gasteiger partial charge on any atom is 0.133 e. The summed E-state index contributed by atoms with van der Waals surface area (Å²) in [6, 6.07) is 8.54. The van der Waals surface area contributed by atoms with E-state index >= 15 is 0 Å². The molecule has 0 saturated heterocycles. The zero-order valence-electron chi connectivity index (χ0n) is 10.1. The Hall–Kier alpha value is -0.640. The molecule has 1 aliphatic rings. The molecule has 2 heteroatoms. The molecule has 0 spiro atoms. The van der Waals surface area contributed by atoms with E-state index in [0.717, 1.165) is 12.8 Å². The fourth-order valence-electron chi connectivity index (χ4n) is 2.66. The Morgan fingerprint density at radius 3 is 2.59 bits per heavy atom. The summed E-state index contributed by atoms with van der Waals surface area (Å²) in [5, 5.41) is 0. The molecule has 1 aromatic carbocycles. The smallest absolute Gasteiger partial charge is 0.133 e. The predicted molar refractivity (Wildman–Crippen MR) is 79.1 cm³/mol. The monoisotopic (exact) mass is 340 g/mol. The molecule has 0 aromatic heterocycles. The van der Waals surface area contributed by atoms with Gasteiger partial charge in [-0.05, 0) is 65.5 Å². The molecule has 1 aromatic rings. The average molecular weight is 340 g/mol. The number of allylic oxidation sites excluding steroid dienone is 1. The Balaban J connectivity index is 2.28. The van der Waals surface area contributed by atoms with Gasteiger partial charge in [0.1, 0.15) is 5.78 Å². The summed E-state index contributed by atoms with van der Waals surface area (Å²) in [4.78, 5) is 11.7. The minimum atomic E-state index is 0.339. The van der Waals surface area contributed by atoms with Crippen LogP contribution >= 0.6 is 22.6 Å². The molecule has 0 heterocycles. The van der Waals surface area contributed by atoms with Gasteiger partial charge in [0.05, 0.1) is 0 Å². The molecule has 1 nitrogen and oxygen atoms in total. The van der Waals surface area contributed by atoms with E-state index in [2.05, 4.69) is 60.4 Å². The first-order valence-electron chi connectivity index (χ1n) is 6.00. The van der Waals surface area contributed by atoms with Crippen LogP contribution in [0.2, 0.25) is 0 Å². The number of Topliss-reactive ketones (excluding diaryl/α,β-unsaturated/α-hetero) is 1. The third-order valence-corrected chi connectivity index (χ3v) is 4.32. The van der Waals surface area contributed by atoms with Gasteiger partial charge in [0.2, 0.25) is 0 Å². The Morgan fingerprint density at radius 1 is 1.35 bits per heavy atom. The van der Waals surface area contributed by atoms with Crippen molar-refractivity contribution in [2.45, 2.75) is 32.1 Å². The summed E-state index contributed by atoms with van der Waals surface area (Å²) in [7, 11) is 0. The Morgan fingerprint density at radius 2 is 2.00 bits per heavy atom. The van der Waals surface area contributed by atoms with Gasteiger partial charge in [0, 0.05) is 16.4 Å². The van der Waals surface area contributed by atoms with Crippen LogP contribution in [0.15, 0.2) is 36.4 Å². The highest BCUT2D eigenvalue weighted by Crippen LogP contribution is 2.39. The number of carbonyl (C=O) groups is 1. The van der Waals surface area contributed by atoms with Crippen LogP contribution in [0.5, 0.6) is 0 Å². The molecule has 0 unspecified atom stereocenters. The van der Waals surface area contributed by atoms with E-state index in [-0.39, 0.29) is 0 Å². The van der Waals surface area contributed by atoms with Gasteiger partial charge in [-0.25, -0.2) is 0 Å². The third kappa shape index (κ3) is 2.97. The first-order chi connectivity index (χ1) is 8.08. The molecule has 2 rings (SSSR count). The maximum absolute atomic E-state index is 11.7. The van der Waals surface area contributed by atoms with Gasteiger partial charge in [-0.3, -0.25) is 4.79 Å². The fraction of sp³-hybridized carbons (Fsp3) is 0.400. The van der Waals surface area contributed by atoms with Crippen molar-refractivity contribution in [1.29, 1.82) is 0 Å². The normalized spacial score (nSPS) is 24.7. The molecule has 0 radical (unpaired) electrons. The number of rotatable bonds is 2. The van der Waals surface area contributed by atoms with E-state index in [1.165, 1.54) is 14.7 Å². The zero-order chi connectivity index (χ0) is 12.4. The number of hydrogen-bond donors (Lipinski definition) is 0. The number of hydrogen-bond acceptors (Lipinski definition) is 1. The summed E-state index contributed by atoms with van der Waals surface area (Å²) in [5.41, 5.74) is 2.49. The molecule has 90 valence electrons. The number of halogens is 1. The minimum Gasteiger partial charge on any atom is -0.300 e. The highest BCUT2D eigenvalue weighted by Gasteiger charge is 2.30. The minimum absolute atomic E-state index is 0.339. The van der Waals surface area contributed by atoms with Gasteiger partial charge < -0.3 is 0 Å². The highest BCUT2D eigenvalue weighted by molar-refractivity contribution is 14.1. The lowest BCUT2D eigenvalue weighted by atomic mass is 9.72. The second-order valence-electron chi connectivity index (χ2n) is 4.89. The van der Waals surface area contributed by atoms with E-state index in [9.17, 15) is 4.79 Å². The van der Waals surface area contributed by atoms with Gasteiger partial charge in [-0.2, -0.15) is 0 Å². The summed E-state index contributed by atoms with van der Waals surface area (Å²) in [6.45, 7) is 6.17. The SMILES string of the molecule is C=C(C)[C@@H]1CCC(=O)C[C@H]1c1ccc(I)cc1. The van der Waals surface area contributed by atoms with E-state index < -0.39 is 0 Å². The van der Waals surface area contributed by atoms with Gasteiger partial charge in [-0.15, -0.1) is 0 Å². The molecular weight excluding hydrogens is 323 g/mol. The van der Waals surface area contributed by atoms with Crippen LogP contribution in [-0.2, 0) is 4.79 Å². The van der Waals surface area contributed by atoms with Crippen molar-refractivity contribution in [2.24, 2.45) is 5.92 Å². The Bertz CT molecular complexity index is 433. The van der Waals surface area contributed by atoms with Crippen LogP contribution in [0.1, 0.15) is 37.7 Å².